The number of fused-ring (bicyclic) bond motifs is 1. The lowest BCUT2D eigenvalue weighted by atomic mass is 10.0. The summed E-state index contributed by atoms with van der Waals surface area (Å²) in [4.78, 5) is 16.9. The number of hydrogen-bond donors (Lipinski definition) is 1. The largest absolute Gasteiger partial charge is 0.507 e. The lowest BCUT2D eigenvalue weighted by Gasteiger charge is -2.15. The van der Waals surface area contributed by atoms with Crippen LogP contribution >= 0.6 is 0 Å². The molecule has 0 aliphatic rings. The molecule has 6 nitrogen and oxygen atoms in total. The lowest BCUT2D eigenvalue weighted by molar-refractivity contribution is 0.397. The van der Waals surface area contributed by atoms with Gasteiger partial charge in [0, 0.05) is 24.7 Å². The summed E-state index contributed by atoms with van der Waals surface area (Å²) in [6.07, 6.45) is 0. The minimum atomic E-state index is -0.369. The highest BCUT2D eigenvalue weighted by molar-refractivity contribution is 5.88. The number of aromatic hydroxyl groups is 1. The highest BCUT2D eigenvalue weighted by atomic mass is 16.5. The van der Waals surface area contributed by atoms with E-state index in [-0.39, 0.29) is 11.3 Å². The van der Waals surface area contributed by atoms with E-state index in [1.165, 1.54) is 7.11 Å². The molecule has 0 spiro atoms. The second-order valence-electron chi connectivity index (χ2n) is 5.98. The lowest BCUT2D eigenvalue weighted by Crippen LogP contribution is -2.15. The summed E-state index contributed by atoms with van der Waals surface area (Å²) >= 11 is 0. The van der Waals surface area contributed by atoms with Crippen LogP contribution in [0.4, 0.5) is 0 Å². The summed E-state index contributed by atoms with van der Waals surface area (Å²) in [6.45, 7) is 3.63. The Morgan fingerprint density at radius 2 is 1.68 bits per heavy atom. The van der Waals surface area contributed by atoms with Crippen LogP contribution in [-0.2, 0) is 7.05 Å². The van der Waals surface area contributed by atoms with E-state index in [1.54, 1.807) is 19.2 Å². The number of hydrogen-bond acceptors (Lipinski definition) is 5. The molecule has 130 valence electrons. The molecule has 1 aromatic heterocycles. The maximum absolute atomic E-state index is 12.6. The monoisotopic (exact) mass is 340 g/mol. The van der Waals surface area contributed by atoms with Gasteiger partial charge >= 0.3 is 0 Å². The van der Waals surface area contributed by atoms with Gasteiger partial charge in [0.15, 0.2) is 0 Å². The number of phenolic OH excluding ortho intramolecular Hbond substituents is 1. The van der Waals surface area contributed by atoms with Crippen molar-refractivity contribution in [3.63, 3.8) is 0 Å². The van der Waals surface area contributed by atoms with E-state index in [0.29, 0.717) is 28.2 Å². The third-order valence-corrected chi connectivity index (χ3v) is 4.36. The molecule has 1 heterocycles. The molecule has 2 aromatic carbocycles. The number of rotatable bonds is 3. The van der Waals surface area contributed by atoms with E-state index in [1.807, 2.05) is 37.6 Å². The minimum Gasteiger partial charge on any atom is -0.507 e. The van der Waals surface area contributed by atoms with Gasteiger partial charge in [0.1, 0.15) is 28.5 Å². The van der Waals surface area contributed by atoms with Gasteiger partial charge in [0.2, 0.25) is 0 Å². The third kappa shape index (κ3) is 2.69. The van der Waals surface area contributed by atoms with E-state index in [0.717, 1.165) is 16.7 Å². The molecule has 0 saturated carbocycles. The van der Waals surface area contributed by atoms with E-state index in [4.69, 9.17) is 9.47 Å². The molecule has 0 aliphatic carbocycles. The molecule has 1 N–H and O–H groups in total. The van der Waals surface area contributed by atoms with Crippen molar-refractivity contribution in [2.45, 2.75) is 13.8 Å². The molecule has 0 radical (unpaired) electrons. The fourth-order valence-corrected chi connectivity index (χ4v) is 3.02. The van der Waals surface area contributed by atoms with E-state index in [9.17, 15) is 9.90 Å². The molecular formula is C19H20N2O4. The Morgan fingerprint density at radius 1 is 1.04 bits per heavy atom. The number of nitrogens with zero attached hydrogens (tertiary/aromatic N) is 2. The molecule has 3 aromatic rings. The fourth-order valence-electron chi connectivity index (χ4n) is 3.02. The van der Waals surface area contributed by atoms with Crippen molar-refractivity contribution in [2.24, 2.45) is 7.05 Å². The first kappa shape index (κ1) is 16.8. The van der Waals surface area contributed by atoms with Crippen LogP contribution in [0.2, 0.25) is 0 Å². The standard InChI is InChI=1S/C19H20N2O4/c1-10-6-12(7-11(2)17(10)22)18-20-19(23)16-14(21(18)3)8-13(24-4)9-15(16)25-5/h6-9,22H,1-5H3. The summed E-state index contributed by atoms with van der Waals surface area (Å²) in [7, 11) is 4.91. The summed E-state index contributed by atoms with van der Waals surface area (Å²) in [5.74, 6) is 1.78. The summed E-state index contributed by atoms with van der Waals surface area (Å²) in [5, 5.41) is 10.4. The van der Waals surface area contributed by atoms with Crippen molar-refractivity contribution in [3.05, 3.63) is 45.7 Å². The van der Waals surface area contributed by atoms with Crippen LogP contribution < -0.4 is 15.0 Å². The topological polar surface area (TPSA) is 73.6 Å². The van der Waals surface area contributed by atoms with Gasteiger partial charge in [-0.05, 0) is 37.1 Å². The molecule has 0 amide bonds. The first-order valence-electron chi connectivity index (χ1n) is 7.80. The van der Waals surface area contributed by atoms with Gasteiger partial charge in [0.25, 0.3) is 5.56 Å². The van der Waals surface area contributed by atoms with Gasteiger partial charge in [-0.1, -0.05) is 0 Å². The molecule has 0 unspecified atom stereocenters. The van der Waals surface area contributed by atoms with Crippen LogP contribution in [0.25, 0.3) is 22.3 Å². The zero-order valence-electron chi connectivity index (χ0n) is 14.9. The SMILES string of the molecule is COc1cc(OC)c2c(=O)nc(-c3cc(C)c(O)c(C)c3)n(C)c2c1. The van der Waals surface area contributed by atoms with Gasteiger partial charge in [-0.25, -0.2) is 0 Å². The average Bonchev–Trinajstić information content (AvgIpc) is 2.61. The Morgan fingerprint density at radius 3 is 2.24 bits per heavy atom. The van der Waals surface area contributed by atoms with E-state index >= 15 is 0 Å². The van der Waals surface area contributed by atoms with Gasteiger partial charge in [-0.3, -0.25) is 4.79 Å². The maximum atomic E-state index is 12.6. The Kier molecular flexibility index (Phi) is 4.12. The Balaban J connectivity index is 2.39. The summed E-state index contributed by atoms with van der Waals surface area (Å²) in [6, 6.07) is 7.07. The first-order chi connectivity index (χ1) is 11.9. The zero-order chi connectivity index (χ0) is 18.3. The van der Waals surface area contributed by atoms with Crippen molar-refractivity contribution in [3.8, 4) is 28.6 Å². The molecule has 3 rings (SSSR count). The highest BCUT2D eigenvalue weighted by Crippen LogP contribution is 2.32. The smallest absolute Gasteiger partial charge is 0.284 e. The van der Waals surface area contributed by atoms with Crippen molar-refractivity contribution >= 4 is 10.9 Å². The van der Waals surface area contributed by atoms with Crippen LogP contribution in [0, 0.1) is 13.8 Å². The molecule has 0 bridgehead atoms. The van der Waals surface area contributed by atoms with Crippen molar-refractivity contribution < 1.29 is 14.6 Å². The van der Waals surface area contributed by atoms with Crippen molar-refractivity contribution in [1.29, 1.82) is 0 Å². The minimum absolute atomic E-state index is 0.248. The normalized spacial score (nSPS) is 10.9. The van der Waals surface area contributed by atoms with Crippen molar-refractivity contribution in [2.75, 3.05) is 14.2 Å². The number of aromatic nitrogens is 2. The van der Waals surface area contributed by atoms with E-state index < -0.39 is 0 Å². The predicted molar refractivity (Wildman–Crippen MR) is 96.7 cm³/mol. The second kappa shape index (κ2) is 6.12. The molecule has 0 atom stereocenters. The second-order valence-corrected chi connectivity index (χ2v) is 5.98. The first-order valence-corrected chi connectivity index (χ1v) is 7.80. The van der Waals surface area contributed by atoms with Crippen molar-refractivity contribution in [1.82, 2.24) is 9.55 Å². The van der Waals surface area contributed by atoms with Crippen LogP contribution in [0.15, 0.2) is 29.1 Å². The van der Waals surface area contributed by atoms with Gasteiger partial charge in [0.05, 0.1) is 19.7 Å². The van der Waals surface area contributed by atoms with Gasteiger partial charge in [-0.2, -0.15) is 4.98 Å². The molecule has 0 fully saturated rings. The number of ether oxygens (including phenoxy) is 2. The molecule has 6 heteroatoms. The van der Waals surface area contributed by atoms with Crippen LogP contribution in [-0.4, -0.2) is 28.9 Å². The number of benzene rings is 2. The van der Waals surface area contributed by atoms with Crippen LogP contribution in [0.5, 0.6) is 17.2 Å². The summed E-state index contributed by atoms with van der Waals surface area (Å²) in [5.41, 5.74) is 2.51. The number of phenols is 1. The molecular weight excluding hydrogens is 320 g/mol. The molecule has 0 aliphatic heterocycles. The zero-order valence-corrected chi connectivity index (χ0v) is 14.9. The Bertz CT molecular complexity index is 1010. The fraction of sp³-hybridized carbons (Fsp3) is 0.263. The average molecular weight is 340 g/mol. The maximum Gasteiger partial charge on any atom is 0.284 e. The quantitative estimate of drug-likeness (QED) is 0.793. The Hall–Kier alpha value is -3.02. The van der Waals surface area contributed by atoms with Gasteiger partial charge < -0.3 is 19.1 Å². The predicted octanol–water partition coefficient (Wildman–Crippen LogP) is 2.94. The molecule has 0 saturated heterocycles. The van der Waals surface area contributed by atoms with E-state index in [2.05, 4.69) is 4.98 Å². The molecule has 25 heavy (non-hydrogen) atoms. The number of aryl methyl sites for hydroxylation is 3. The summed E-state index contributed by atoms with van der Waals surface area (Å²) < 4.78 is 12.5. The number of methoxy groups -OCH3 is 2. The van der Waals surface area contributed by atoms with Gasteiger partial charge in [-0.15, -0.1) is 0 Å². The van der Waals surface area contributed by atoms with Crippen LogP contribution in [0.3, 0.4) is 0 Å². The highest BCUT2D eigenvalue weighted by Gasteiger charge is 2.16. The Labute approximate surface area is 145 Å². The third-order valence-electron chi connectivity index (χ3n) is 4.36. The van der Waals surface area contributed by atoms with Crippen LogP contribution in [0.1, 0.15) is 11.1 Å².